The Labute approximate surface area is 93.0 Å². The largest absolute Gasteiger partial charge is 0.394 e. The Morgan fingerprint density at radius 2 is 2.07 bits per heavy atom. The smallest absolute Gasteiger partial charge is 0.0833 e. The third-order valence-electron chi connectivity index (χ3n) is 3.60. The van der Waals surface area contributed by atoms with Crippen molar-refractivity contribution in [3.63, 3.8) is 0 Å². The summed E-state index contributed by atoms with van der Waals surface area (Å²) < 4.78 is 5.88. The molecule has 90 valence electrons. The lowest BCUT2D eigenvalue weighted by atomic mass is 9.82. The van der Waals surface area contributed by atoms with Gasteiger partial charge in [-0.3, -0.25) is 0 Å². The molecule has 0 saturated heterocycles. The van der Waals surface area contributed by atoms with Crippen molar-refractivity contribution in [2.24, 2.45) is 11.7 Å². The van der Waals surface area contributed by atoms with Gasteiger partial charge >= 0.3 is 0 Å². The lowest BCUT2D eigenvalue weighted by Crippen LogP contribution is -2.47. The minimum Gasteiger partial charge on any atom is -0.394 e. The second-order valence-corrected chi connectivity index (χ2v) is 4.57. The van der Waals surface area contributed by atoms with Crippen LogP contribution in [0.15, 0.2) is 0 Å². The van der Waals surface area contributed by atoms with Crippen LogP contribution in [0.4, 0.5) is 0 Å². The zero-order valence-electron chi connectivity index (χ0n) is 9.87. The van der Waals surface area contributed by atoms with Gasteiger partial charge < -0.3 is 15.6 Å². The van der Waals surface area contributed by atoms with Crippen molar-refractivity contribution >= 4 is 0 Å². The van der Waals surface area contributed by atoms with E-state index in [1.165, 1.54) is 25.7 Å². The van der Waals surface area contributed by atoms with Gasteiger partial charge in [-0.25, -0.2) is 0 Å². The summed E-state index contributed by atoms with van der Waals surface area (Å²) in [5.41, 5.74) is 5.75. The highest BCUT2D eigenvalue weighted by molar-refractivity contribution is 4.91. The molecule has 1 rings (SSSR count). The highest BCUT2D eigenvalue weighted by atomic mass is 16.5. The molecule has 1 saturated carbocycles. The fourth-order valence-electron chi connectivity index (χ4n) is 2.85. The molecule has 3 nitrogen and oxygen atoms in total. The summed E-state index contributed by atoms with van der Waals surface area (Å²) >= 11 is 0. The van der Waals surface area contributed by atoms with Gasteiger partial charge in [0.05, 0.1) is 18.8 Å². The Kier molecular flexibility index (Phi) is 5.58. The minimum atomic E-state index is -0.159. The van der Waals surface area contributed by atoms with E-state index < -0.39 is 0 Å². The number of aliphatic hydroxyl groups is 1. The van der Waals surface area contributed by atoms with Crippen LogP contribution in [0.5, 0.6) is 0 Å². The highest BCUT2D eigenvalue weighted by Gasteiger charge is 2.39. The van der Waals surface area contributed by atoms with Crippen molar-refractivity contribution < 1.29 is 9.84 Å². The van der Waals surface area contributed by atoms with Crippen LogP contribution in [0, 0.1) is 5.92 Å². The third-order valence-corrected chi connectivity index (χ3v) is 3.60. The van der Waals surface area contributed by atoms with E-state index in [0.717, 1.165) is 12.8 Å². The fraction of sp³-hybridized carbons (Fsp3) is 1.00. The average Bonchev–Trinajstić information content (AvgIpc) is 2.78. The van der Waals surface area contributed by atoms with E-state index >= 15 is 0 Å². The van der Waals surface area contributed by atoms with Crippen LogP contribution in [0.1, 0.15) is 45.4 Å². The first kappa shape index (κ1) is 12.9. The summed E-state index contributed by atoms with van der Waals surface area (Å²) in [6.07, 6.45) is 7.20. The monoisotopic (exact) mass is 215 g/mol. The molecule has 0 amide bonds. The van der Waals surface area contributed by atoms with Gasteiger partial charge in [0.25, 0.3) is 0 Å². The summed E-state index contributed by atoms with van der Waals surface area (Å²) in [5, 5.41) is 8.87. The zero-order valence-corrected chi connectivity index (χ0v) is 9.87. The van der Waals surface area contributed by atoms with Gasteiger partial charge in [0.2, 0.25) is 0 Å². The first-order valence-electron chi connectivity index (χ1n) is 6.24. The standard InChI is InChI=1S/C12H25NO2/c1-2-7-12(10-13,15-9-8-14)11-5-3-4-6-11/h11,14H,2-10,13H2,1H3. The van der Waals surface area contributed by atoms with Gasteiger partial charge in [0.1, 0.15) is 0 Å². The average molecular weight is 215 g/mol. The van der Waals surface area contributed by atoms with Gasteiger partial charge in [-0.2, -0.15) is 0 Å². The second-order valence-electron chi connectivity index (χ2n) is 4.57. The molecule has 15 heavy (non-hydrogen) atoms. The summed E-state index contributed by atoms with van der Waals surface area (Å²) in [7, 11) is 0. The highest BCUT2D eigenvalue weighted by Crippen LogP contribution is 2.38. The molecule has 3 heteroatoms. The van der Waals surface area contributed by atoms with Crippen molar-refractivity contribution in [1.29, 1.82) is 0 Å². The van der Waals surface area contributed by atoms with Gasteiger partial charge in [-0.05, 0) is 25.2 Å². The number of rotatable bonds is 7. The Bertz CT molecular complexity index is 169. The molecule has 1 fully saturated rings. The summed E-state index contributed by atoms with van der Waals surface area (Å²) in [6.45, 7) is 3.28. The Morgan fingerprint density at radius 3 is 2.53 bits per heavy atom. The van der Waals surface area contributed by atoms with Gasteiger partial charge in [-0.1, -0.05) is 26.2 Å². The predicted molar refractivity (Wildman–Crippen MR) is 61.7 cm³/mol. The van der Waals surface area contributed by atoms with E-state index in [2.05, 4.69) is 6.92 Å². The molecule has 0 heterocycles. The normalized spacial score (nSPS) is 21.8. The molecular weight excluding hydrogens is 190 g/mol. The summed E-state index contributed by atoms with van der Waals surface area (Å²) in [5.74, 6) is 0.606. The molecule has 0 aliphatic heterocycles. The summed E-state index contributed by atoms with van der Waals surface area (Å²) in [6, 6.07) is 0. The Morgan fingerprint density at radius 1 is 1.40 bits per heavy atom. The molecule has 0 aromatic carbocycles. The molecule has 0 radical (unpaired) electrons. The maximum Gasteiger partial charge on any atom is 0.0833 e. The van der Waals surface area contributed by atoms with Crippen LogP contribution >= 0.6 is 0 Å². The van der Waals surface area contributed by atoms with Crippen LogP contribution in [0.3, 0.4) is 0 Å². The molecule has 0 spiro atoms. The number of hydrogen-bond acceptors (Lipinski definition) is 3. The first-order chi connectivity index (χ1) is 7.29. The van der Waals surface area contributed by atoms with Crippen LogP contribution in [-0.2, 0) is 4.74 Å². The van der Waals surface area contributed by atoms with Crippen molar-refractivity contribution in [3.05, 3.63) is 0 Å². The summed E-state index contributed by atoms with van der Waals surface area (Å²) in [4.78, 5) is 0. The van der Waals surface area contributed by atoms with E-state index in [-0.39, 0.29) is 12.2 Å². The van der Waals surface area contributed by atoms with Crippen molar-refractivity contribution in [1.82, 2.24) is 0 Å². The van der Waals surface area contributed by atoms with Crippen LogP contribution < -0.4 is 5.73 Å². The molecule has 1 unspecified atom stereocenters. The molecule has 1 aliphatic carbocycles. The van der Waals surface area contributed by atoms with E-state index in [1.807, 2.05) is 0 Å². The van der Waals surface area contributed by atoms with Crippen molar-refractivity contribution in [2.45, 2.75) is 51.0 Å². The number of hydrogen-bond donors (Lipinski definition) is 2. The molecular formula is C12H25NO2. The van der Waals surface area contributed by atoms with E-state index in [9.17, 15) is 0 Å². The zero-order chi connectivity index (χ0) is 11.1. The molecule has 0 aromatic rings. The quantitative estimate of drug-likeness (QED) is 0.679. The molecule has 0 bridgehead atoms. The Hall–Kier alpha value is -0.120. The minimum absolute atomic E-state index is 0.0954. The first-order valence-corrected chi connectivity index (χ1v) is 6.24. The SMILES string of the molecule is CCCC(CN)(OCCO)C1CCCC1. The lowest BCUT2D eigenvalue weighted by Gasteiger charge is -2.38. The third kappa shape index (κ3) is 3.16. The number of aliphatic hydroxyl groups excluding tert-OH is 1. The number of nitrogens with two attached hydrogens (primary N) is 1. The maximum absolute atomic E-state index is 8.87. The predicted octanol–water partition coefficient (Wildman–Crippen LogP) is 1.68. The molecule has 0 aromatic heterocycles. The number of ether oxygens (including phenoxy) is 1. The fourth-order valence-corrected chi connectivity index (χ4v) is 2.85. The second kappa shape index (κ2) is 6.46. The van der Waals surface area contributed by atoms with Gasteiger partial charge in [-0.15, -0.1) is 0 Å². The van der Waals surface area contributed by atoms with E-state index in [4.69, 9.17) is 15.6 Å². The molecule has 1 aliphatic rings. The lowest BCUT2D eigenvalue weighted by molar-refractivity contribution is -0.0943. The van der Waals surface area contributed by atoms with E-state index in [1.54, 1.807) is 0 Å². The van der Waals surface area contributed by atoms with Crippen LogP contribution in [-0.4, -0.2) is 30.5 Å². The maximum atomic E-state index is 8.87. The topological polar surface area (TPSA) is 55.5 Å². The van der Waals surface area contributed by atoms with Crippen molar-refractivity contribution in [3.8, 4) is 0 Å². The Balaban J connectivity index is 2.62. The van der Waals surface area contributed by atoms with Gasteiger partial charge in [0.15, 0.2) is 0 Å². The molecule has 1 atom stereocenters. The van der Waals surface area contributed by atoms with Crippen LogP contribution in [0.25, 0.3) is 0 Å². The van der Waals surface area contributed by atoms with Gasteiger partial charge in [0, 0.05) is 6.54 Å². The van der Waals surface area contributed by atoms with E-state index in [0.29, 0.717) is 19.1 Å². The van der Waals surface area contributed by atoms with Crippen molar-refractivity contribution in [2.75, 3.05) is 19.8 Å². The molecule has 3 N–H and O–H groups in total. The van der Waals surface area contributed by atoms with Crippen LogP contribution in [0.2, 0.25) is 0 Å².